The molecule has 2 heterocycles. The van der Waals surface area contributed by atoms with Gasteiger partial charge >= 0.3 is 5.69 Å². The zero-order valence-corrected chi connectivity index (χ0v) is 9.54. The van der Waals surface area contributed by atoms with Crippen molar-refractivity contribution >= 4 is 5.78 Å². The summed E-state index contributed by atoms with van der Waals surface area (Å²) in [4.78, 5) is 27.7. The first-order valence-electron chi connectivity index (χ1n) is 5.41. The fourth-order valence-electron chi connectivity index (χ4n) is 1.86. The number of hydrogen-bond donors (Lipinski definition) is 2. The minimum Gasteiger partial charge on any atom is -0.267 e. The van der Waals surface area contributed by atoms with Crippen LogP contribution in [0.3, 0.4) is 0 Å². The van der Waals surface area contributed by atoms with Crippen LogP contribution in [0.4, 0.5) is 0 Å². The van der Waals surface area contributed by atoms with E-state index in [0.29, 0.717) is 5.56 Å². The summed E-state index contributed by atoms with van der Waals surface area (Å²) in [5, 5.41) is 13.9. The van der Waals surface area contributed by atoms with Crippen molar-refractivity contribution in [2.45, 2.75) is 0 Å². The third-order valence-electron chi connectivity index (χ3n) is 2.73. The van der Waals surface area contributed by atoms with Gasteiger partial charge in [-0.15, -0.1) is 0 Å². The van der Waals surface area contributed by atoms with Crippen molar-refractivity contribution < 1.29 is 0 Å². The van der Waals surface area contributed by atoms with E-state index in [9.17, 15) is 9.59 Å². The predicted octanol–water partition coefficient (Wildman–Crippen LogP) is 0.250. The molecule has 3 rings (SSSR count). The van der Waals surface area contributed by atoms with Crippen molar-refractivity contribution in [3.05, 3.63) is 56.7 Å². The molecule has 7 heteroatoms. The highest BCUT2D eigenvalue weighted by Crippen LogP contribution is 2.18. The van der Waals surface area contributed by atoms with Gasteiger partial charge in [0.05, 0.1) is 5.69 Å². The summed E-state index contributed by atoms with van der Waals surface area (Å²) in [5.74, 6) is 0.0767. The van der Waals surface area contributed by atoms with Crippen LogP contribution in [-0.2, 0) is 0 Å². The molecule has 0 amide bonds. The zero-order chi connectivity index (χ0) is 13.4. The highest BCUT2D eigenvalue weighted by molar-refractivity contribution is 5.67. The van der Waals surface area contributed by atoms with Crippen molar-refractivity contribution in [3.8, 4) is 17.3 Å². The number of nitrogens with one attached hydrogen (secondary N) is 2. The number of nitrogens with zero attached hydrogens (tertiary/aromatic N) is 3. The number of hydrogen-bond acceptors (Lipinski definition) is 4. The van der Waals surface area contributed by atoms with E-state index >= 15 is 0 Å². The van der Waals surface area contributed by atoms with Gasteiger partial charge in [0, 0.05) is 5.56 Å². The van der Waals surface area contributed by atoms with Crippen molar-refractivity contribution in [2.24, 2.45) is 0 Å². The van der Waals surface area contributed by atoms with Crippen molar-refractivity contribution in [2.75, 3.05) is 0 Å². The van der Waals surface area contributed by atoms with Crippen LogP contribution in [0.5, 0.6) is 0 Å². The molecule has 0 aliphatic rings. The summed E-state index contributed by atoms with van der Waals surface area (Å²) in [6.07, 6.45) is 0. The highest BCUT2D eigenvalue weighted by Gasteiger charge is 2.16. The van der Waals surface area contributed by atoms with Gasteiger partial charge in [-0.25, -0.2) is 14.9 Å². The molecule has 0 bridgehead atoms. The molecule has 2 N–H and O–H groups in total. The molecule has 0 fully saturated rings. The first-order chi connectivity index (χ1) is 9.22. The van der Waals surface area contributed by atoms with E-state index in [1.54, 1.807) is 24.3 Å². The molecule has 0 aliphatic heterocycles. The second-order valence-corrected chi connectivity index (χ2v) is 3.83. The first kappa shape index (κ1) is 11.0. The lowest BCUT2D eigenvalue weighted by molar-refractivity contribution is 0.983. The summed E-state index contributed by atoms with van der Waals surface area (Å²) in [7, 11) is 0. The number of H-pyrrole nitrogens is 2. The molecule has 0 saturated heterocycles. The lowest BCUT2D eigenvalue weighted by atomic mass is 10.1. The molecular formula is C12H7N5O2. The Labute approximate surface area is 105 Å². The van der Waals surface area contributed by atoms with Crippen LogP contribution < -0.4 is 11.2 Å². The molecule has 0 aliphatic carbocycles. The van der Waals surface area contributed by atoms with Crippen LogP contribution in [0, 0.1) is 11.3 Å². The Hall–Kier alpha value is -3.14. The molecule has 1 aromatic carbocycles. The van der Waals surface area contributed by atoms with Gasteiger partial charge in [0.1, 0.15) is 11.6 Å². The highest BCUT2D eigenvalue weighted by atomic mass is 16.2. The third kappa shape index (κ3) is 1.55. The van der Waals surface area contributed by atoms with Crippen molar-refractivity contribution in [1.29, 1.82) is 5.26 Å². The number of nitriles is 1. The second-order valence-electron chi connectivity index (χ2n) is 3.83. The lowest BCUT2D eigenvalue weighted by Crippen LogP contribution is -2.27. The molecule has 2 aromatic heterocycles. The van der Waals surface area contributed by atoms with Gasteiger partial charge in [-0.2, -0.15) is 9.66 Å². The van der Waals surface area contributed by atoms with E-state index in [4.69, 9.17) is 5.26 Å². The molecule has 0 saturated carbocycles. The molecule has 92 valence electrons. The van der Waals surface area contributed by atoms with Crippen LogP contribution in [0.2, 0.25) is 0 Å². The average Bonchev–Trinajstić information content (AvgIpc) is 2.81. The quantitative estimate of drug-likeness (QED) is 0.648. The summed E-state index contributed by atoms with van der Waals surface area (Å²) >= 11 is 0. The Kier molecular flexibility index (Phi) is 2.29. The third-order valence-corrected chi connectivity index (χ3v) is 2.73. The van der Waals surface area contributed by atoms with Gasteiger partial charge in [-0.05, 0) is 0 Å². The van der Waals surface area contributed by atoms with Crippen LogP contribution in [0.25, 0.3) is 17.0 Å². The molecule has 0 atom stereocenters. The lowest BCUT2D eigenvalue weighted by Gasteiger charge is -2.02. The normalized spacial score (nSPS) is 10.5. The van der Waals surface area contributed by atoms with Gasteiger partial charge in [0.25, 0.3) is 5.56 Å². The summed E-state index contributed by atoms with van der Waals surface area (Å²) in [6.45, 7) is 0. The topological polar surface area (TPSA) is 107 Å². The Morgan fingerprint density at radius 2 is 1.89 bits per heavy atom. The molecule has 7 nitrogen and oxygen atoms in total. The van der Waals surface area contributed by atoms with Crippen molar-refractivity contribution in [3.63, 3.8) is 0 Å². The summed E-state index contributed by atoms with van der Waals surface area (Å²) < 4.78 is 0.797. The van der Waals surface area contributed by atoms with Gasteiger partial charge < -0.3 is 0 Å². The van der Waals surface area contributed by atoms with Gasteiger partial charge in [-0.3, -0.25) is 9.89 Å². The van der Waals surface area contributed by atoms with Gasteiger partial charge in [0.2, 0.25) is 5.78 Å². The number of aromatic amines is 2. The zero-order valence-electron chi connectivity index (χ0n) is 9.54. The van der Waals surface area contributed by atoms with Crippen LogP contribution in [-0.4, -0.2) is 19.6 Å². The maximum absolute atomic E-state index is 12.1. The number of fused-ring (bicyclic) bond motifs is 1. The largest absolute Gasteiger partial charge is 0.350 e. The maximum Gasteiger partial charge on any atom is 0.350 e. The smallest absolute Gasteiger partial charge is 0.267 e. The Balaban J connectivity index is 2.48. The maximum atomic E-state index is 12.1. The molecule has 3 aromatic rings. The molecule has 0 radical (unpaired) electrons. The number of benzene rings is 1. The molecule has 0 unspecified atom stereocenters. The first-order valence-corrected chi connectivity index (χ1v) is 5.41. The SMILES string of the molecule is N#Cc1c(-c2ccccc2)nc2[nH][nH]c(=O)n2c1=O. The fraction of sp³-hybridized carbons (Fsp3) is 0. The molecule has 19 heavy (non-hydrogen) atoms. The number of aromatic nitrogens is 4. The monoisotopic (exact) mass is 253 g/mol. The van der Waals surface area contributed by atoms with E-state index in [0.717, 1.165) is 4.40 Å². The van der Waals surface area contributed by atoms with E-state index in [-0.39, 0.29) is 17.0 Å². The summed E-state index contributed by atoms with van der Waals surface area (Å²) in [6, 6.07) is 10.7. The van der Waals surface area contributed by atoms with E-state index in [2.05, 4.69) is 15.2 Å². The Bertz CT molecular complexity index is 911. The van der Waals surface area contributed by atoms with Gasteiger partial charge in [0.15, 0.2) is 0 Å². The number of rotatable bonds is 1. The second kappa shape index (κ2) is 3.96. The van der Waals surface area contributed by atoms with Gasteiger partial charge in [-0.1, -0.05) is 30.3 Å². The van der Waals surface area contributed by atoms with E-state index in [1.165, 1.54) is 0 Å². The van der Waals surface area contributed by atoms with Crippen molar-refractivity contribution in [1.82, 2.24) is 19.6 Å². The minimum atomic E-state index is -0.686. The summed E-state index contributed by atoms with van der Waals surface area (Å²) in [5.41, 5.74) is -0.602. The minimum absolute atomic E-state index is 0.0767. The van der Waals surface area contributed by atoms with Crippen LogP contribution in [0.15, 0.2) is 39.9 Å². The van der Waals surface area contributed by atoms with Crippen LogP contribution in [0.1, 0.15) is 5.56 Å². The standard InChI is InChI=1S/C12H7N5O2/c13-6-8-9(7-4-2-1-3-5-7)14-11-15-16-12(19)17(11)10(8)18/h1-5H,(H,14,15)(H,16,19). The molecular weight excluding hydrogens is 246 g/mol. The van der Waals surface area contributed by atoms with Crippen LogP contribution >= 0.6 is 0 Å². The van der Waals surface area contributed by atoms with E-state index in [1.807, 2.05) is 12.1 Å². The average molecular weight is 253 g/mol. The Morgan fingerprint density at radius 1 is 1.16 bits per heavy atom. The fourth-order valence-corrected chi connectivity index (χ4v) is 1.86. The predicted molar refractivity (Wildman–Crippen MR) is 66.6 cm³/mol. The molecule has 0 spiro atoms. The van der Waals surface area contributed by atoms with E-state index < -0.39 is 11.2 Å². The Morgan fingerprint density at radius 3 is 2.58 bits per heavy atom.